The van der Waals surface area contributed by atoms with E-state index in [1.54, 1.807) is 18.2 Å². The number of nitrogens with two attached hydrogens (primary N) is 2. The number of aromatic amines is 1. The number of carbonyl (C=O) groups is 2. The summed E-state index contributed by atoms with van der Waals surface area (Å²) in [6.45, 7) is 0. The van der Waals surface area contributed by atoms with Crippen molar-refractivity contribution in [3.8, 4) is 11.3 Å². The highest BCUT2D eigenvalue weighted by Crippen LogP contribution is 2.24. The first-order valence-corrected chi connectivity index (χ1v) is 4.83. The van der Waals surface area contributed by atoms with Gasteiger partial charge >= 0.3 is 0 Å². The summed E-state index contributed by atoms with van der Waals surface area (Å²) in [5.74, 6) is -1.40. The van der Waals surface area contributed by atoms with E-state index in [2.05, 4.69) is 10.2 Å². The average Bonchev–Trinajstić information content (AvgIpc) is 2.81. The van der Waals surface area contributed by atoms with Gasteiger partial charge in [0.25, 0.3) is 0 Å². The van der Waals surface area contributed by atoms with E-state index in [1.807, 2.05) is 0 Å². The second-order valence-corrected chi connectivity index (χ2v) is 3.43. The Hall–Kier alpha value is -2.63. The van der Waals surface area contributed by atoms with Crippen molar-refractivity contribution in [2.75, 3.05) is 0 Å². The Morgan fingerprint density at radius 1 is 1.12 bits per heavy atom. The van der Waals surface area contributed by atoms with Crippen molar-refractivity contribution in [1.82, 2.24) is 10.2 Å². The van der Waals surface area contributed by atoms with Crippen LogP contribution in [0.3, 0.4) is 0 Å². The number of rotatable bonds is 3. The maximum atomic E-state index is 11.4. The molecule has 2 rings (SSSR count). The van der Waals surface area contributed by atoms with Gasteiger partial charge in [-0.1, -0.05) is 12.1 Å². The number of hydrogen-bond donors (Lipinski definition) is 3. The third kappa shape index (κ3) is 1.87. The summed E-state index contributed by atoms with van der Waals surface area (Å²) in [4.78, 5) is 22.7. The molecule has 17 heavy (non-hydrogen) atoms. The van der Waals surface area contributed by atoms with Crippen LogP contribution in [0.25, 0.3) is 11.3 Å². The molecule has 1 aromatic carbocycles. The molecule has 0 spiro atoms. The Morgan fingerprint density at radius 3 is 2.41 bits per heavy atom. The van der Waals surface area contributed by atoms with Gasteiger partial charge in [-0.05, 0) is 12.1 Å². The van der Waals surface area contributed by atoms with Crippen molar-refractivity contribution in [3.05, 3.63) is 41.6 Å². The molecule has 2 amide bonds. The van der Waals surface area contributed by atoms with Crippen LogP contribution in [0, 0.1) is 0 Å². The van der Waals surface area contributed by atoms with E-state index in [-0.39, 0.29) is 11.1 Å². The molecule has 1 heterocycles. The first-order chi connectivity index (χ1) is 8.11. The second-order valence-electron chi connectivity index (χ2n) is 3.43. The zero-order valence-corrected chi connectivity index (χ0v) is 8.81. The minimum absolute atomic E-state index is 0.101. The highest BCUT2D eigenvalue weighted by molar-refractivity contribution is 6.10. The number of aromatic nitrogens is 2. The third-order valence-electron chi connectivity index (χ3n) is 2.37. The summed E-state index contributed by atoms with van der Waals surface area (Å²) in [6.07, 6.45) is 1.54. The Bertz CT molecular complexity index is 575. The van der Waals surface area contributed by atoms with Crippen molar-refractivity contribution in [2.45, 2.75) is 0 Å². The van der Waals surface area contributed by atoms with E-state index in [9.17, 15) is 9.59 Å². The molecule has 0 aliphatic carbocycles. The molecule has 0 aliphatic rings. The lowest BCUT2D eigenvalue weighted by molar-refractivity contribution is 0.0967. The lowest BCUT2D eigenvalue weighted by atomic mass is 9.98. The summed E-state index contributed by atoms with van der Waals surface area (Å²) in [5, 5.41) is 6.49. The summed E-state index contributed by atoms with van der Waals surface area (Å²) >= 11 is 0. The van der Waals surface area contributed by atoms with Crippen LogP contribution < -0.4 is 11.5 Å². The van der Waals surface area contributed by atoms with Gasteiger partial charge in [-0.2, -0.15) is 5.10 Å². The van der Waals surface area contributed by atoms with Gasteiger partial charge in [-0.15, -0.1) is 0 Å². The summed E-state index contributed by atoms with van der Waals surface area (Å²) < 4.78 is 0. The van der Waals surface area contributed by atoms with Gasteiger partial charge in [-0.3, -0.25) is 14.7 Å². The largest absolute Gasteiger partial charge is 0.366 e. The summed E-state index contributed by atoms with van der Waals surface area (Å²) in [7, 11) is 0. The quantitative estimate of drug-likeness (QED) is 0.703. The Balaban J connectivity index is 2.72. The van der Waals surface area contributed by atoms with E-state index < -0.39 is 11.8 Å². The highest BCUT2D eigenvalue weighted by Gasteiger charge is 2.18. The van der Waals surface area contributed by atoms with Crippen LogP contribution in [-0.4, -0.2) is 22.0 Å². The first kappa shape index (κ1) is 10.9. The van der Waals surface area contributed by atoms with Crippen LogP contribution in [0.15, 0.2) is 30.5 Å². The molecule has 0 radical (unpaired) electrons. The monoisotopic (exact) mass is 230 g/mol. The molecule has 0 saturated heterocycles. The van der Waals surface area contributed by atoms with Crippen LogP contribution in [0.4, 0.5) is 0 Å². The number of hydrogen-bond acceptors (Lipinski definition) is 3. The normalized spacial score (nSPS) is 10.1. The molecule has 0 fully saturated rings. The van der Waals surface area contributed by atoms with Gasteiger partial charge in [-0.25, -0.2) is 0 Å². The maximum Gasteiger partial charge on any atom is 0.250 e. The molecule has 0 unspecified atom stereocenters. The minimum atomic E-state index is -0.705. The number of primary amides is 2. The van der Waals surface area contributed by atoms with Gasteiger partial charge in [0.05, 0.1) is 16.8 Å². The molecule has 6 nitrogen and oxygen atoms in total. The van der Waals surface area contributed by atoms with Crippen molar-refractivity contribution >= 4 is 11.8 Å². The molecular weight excluding hydrogens is 220 g/mol. The van der Waals surface area contributed by atoms with E-state index in [1.165, 1.54) is 12.3 Å². The number of nitrogens with zero attached hydrogens (tertiary/aromatic N) is 1. The number of benzene rings is 1. The molecule has 0 saturated carbocycles. The van der Waals surface area contributed by atoms with Crippen LogP contribution in [0.5, 0.6) is 0 Å². The zero-order chi connectivity index (χ0) is 12.4. The van der Waals surface area contributed by atoms with Crippen molar-refractivity contribution < 1.29 is 9.59 Å². The van der Waals surface area contributed by atoms with Crippen LogP contribution in [0.2, 0.25) is 0 Å². The van der Waals surface area contributed by atoms with Crippen LogP contribution >= 0.6 is 0 Å². The third-order valence-corrected chi connectivity index (χ3v) is 2.37. The molecule has 0 aliphatic heterocycles. The fourth-order valence-electron chi connectivity index (χ4n) is 1.65. The van der Waals surface area contributed by atoms with Crippen LogP contribution in [-0.2, 0) is 0 Å². The van der Waals surface area contributed by atoms with Crippen molar-refractivity contribution in [1.29, 1.82) is 0 Å². The zero-order valence-electron chi connectivity index (χ0n) is 8.81. The predicted octanol–water partition coefficient (Wildman–Crippen LogP) is 0.274. The van der Waals surface area contributed by atoms with E-state index in [0.717, 1.165) is 0 Å². The average molecular weight is 230 g/mol. The lowest BCUT2D eigenvalue weighted by Gasteiger charge is -2.08. The number of carbonyl (C=O) groups excluding carboxylic acids is 2. The highest BCUT2D eigenvalue weighted by atomic mass is 16.2. The van der Waals surface area contributed by atoms with Gasteiger partial charge in [0.15, 0.2) is 0 Å². The first-order valence-electron chi connectivity index (χ1n) is 4.83. The summed E-state index contributed by atoms with van der Waals surface area (Å²) in [5.41, 5.74) is 11.8. The van der Waals surface area contributed by atoms with E-state index in [4.69, 9.17) is 11.5 Å². The lowest BCUT2D eigenvalue weighted by Crippen LogP contribution is -2.21. The van der Waals surface area contributed by atoms with Gasteiger partial charge < -0.3 is 11.5 Å². The standard InChI is InChI=1S/C11H10N4O2/c12-10(16)7-3-1-2-6(9(7)11(13)17)8-4-5-14-15-8/h1-5H,(H2,12,16)(H2,13,17)(H,14,15). The fourth-order valence-corrected chi connectivity index (χ4v) is 1.65. The molecule has 0 bridgehead atoms. The van der Waals surface area contributed by atoms with E-state index in [0.29, 0.717) is 11.3 Å². The van der Waals surface area contributed by atoms with Crippen LogP contribution in [0.1, 0.15) is 20.7 Å². The molecule has 0 atom stereocenters. The number of amides is 2. The minimum Gasteiger partial charge on any atom is -0.366 e. The smallest absolute Gasteiger partial charge is 0.250 e. The number of H-pyrrole nitrogens is 1. The topological polar surface area (TPSA) is 115 Å². The second kappa shape index (κ2) is 4.09. The molecule has 2 aromatic rings. The molecule has 1 aromatic heterocycles. The van der Waals surface area contributed by atoms with E-state index >= 15 is 0 Å². The number of nitrogens with one attached hydrogen (secondary N) is 1. The predicted molar refractivity (Wildman–Crippen MR) is 61.1 cm³/mol. The fraction of sp³-hybridized carbons (Fsp3) is 0. The Morgan fingerprint density at radius 2 is 1.88 bits per heavy atom. The SMILES string of the molecule is NC(=O)c1cccc(-c2ccn[nH]2)c1C(N)=O. The van der Waals surface area contributed by atoms with Gasteiger partial charge in [0.1, 0.15) is 0 Å². The molecular formula is C11H10N4O2. The molecule has 6 heteroatoms. The van der Waals surface area contributed by atoms with Crippen molar-refractivity contribution in [3.63, 3.8) is 0 Å². The van der Waals surface area contributed by atoms with Gasteiger partial charge in [0, 0.05) is 11.8 Å². The summed E-state index contributed by atoms with van der Waals surface area (Å²) in [6, 6.07) is 6.43. The molecule has 5 N–H and O–H groups in total. The maximum absolute atomic E-state index is 11.4. The Kier molecular flexibility index (Phi) is 2.61. The van der Waals surface area contributed by atoms with Crippen molar-refractivity contribution in [2.24, 2.45) is 11.5 Å². The molecule has 86 valence electrons. The van der Waals surface area contributed by atoms with Gasteiger partial charge in [0.2, 0.25) is 11.8 Å². The Labute approximate surface area is 96.6 Å².